The molecule has 2 aliphatic heterocycles. The van der Waals surface area contributed by atoms with Crippen LogP contribution >= 0.6 is 11.6 Å². The summed E-state index contributed by atoms with van der Waals surface area (Å²) >= 11 is 6.20. The number of para-hydroxylation sites is 1. The number of carbonyl (C=O) groups is 2. The lowest BCUT2D eigenvalue weighted by molar-refractivity contribution is -0.133. The number of likely N-dealkylation sites (tertiary alicyclic amines) is 1. The molecule has 2 fully saturated rings. The average molecular weight is 471 g/mol. The number of ether oxygens (including phenoxy) is 2. The number of amides is 2. The zero-order valence-corrected chi connectivity index (χ0v) is 19.8. The van der Waals surface area contributed by atoms with Gasteiger partial charge in [0.1, 0.15) is 17.6 Å². The van der Waals surface area contributed by atoms with E-state index in [0.717, 1.165) is 30.6 Å². The smallest absolute Gasteiger partial charge is 0.222 e. The number of methoxy groups -OCH3 is 1. The summed E-state index contributed by atoms with van der Waals surface area (Å²) in [5.41, 5.74) is 0.714. The Labute approximate surface area is 200 Å². The van der Waals surface area contributed by atoms with Gasteiger partial charge in [0, 0.05) is 44.3 Å². The Morgan fingerprint density at radius 1 is 1.18 bits per heavy atom. The Bertz CT molecular complexity index is 990. The molecule has 2 amide bonds. The summed E-state index contributed by atoms with van der Waals surface area (Å²) in [5.74, 6) is 1.69. The molecule has 2 aromatic rings. The van der Waals surface area contributed by atoms with E-state index in [1.54, 1.807) is 7.11 Å². The van der Waals surface area contributed by atoms with Crippen molar-refractivity contribution in [3.63, 3.8) is 0 Å². The van der Waals surface area contributed by atoms with Gasteiger partial charge in [-0.05, 0) is 49.1 Å². The van der Waals surface area contributed by atoms with E-state index in [1.807, 2.05) is 53.4 Å². The third-order valence-electron chi connectivity index (χ3n) is 6.65. The highest BCUT2D eigenvalue weighted by molar-refractivity contribution is 6.32. The second-order valence-electron chi connectivity index (χ2n) is 8.99. The molecule has 0 aromatic heterocycles. The van der Waals surface area contributed by atoms with Crippen LogP contribution in [0.4, 0.5) is 0 Å². The number of nitrogens with one attached hydrogen (secondary N) is 1. The minimum atomic E-state index is -0.384. The highest BCUT2D eigenvalue weighted by Crippen LogP contribution is 2.31. The van der Waals surface area contributed by atoms with Crippen LogP contribution in [-0.2, 0) is 16.0 Å². The molecular weight excluding hydrogens is 440 g/mol. The van der Waals surface area contributed by atoms with Crippen molar-refractivity contribution in [3.05, 3.63) is 59.1 Å². The van der Waals surface area contributed by atoms with Gasteiger partial charge in [0.25, 0.3) is 0 Å². The van der Waals surface area contributed by atoms with Gasteiger partial charge in [0.15, 0.2) is 0 Å². The lowest BCUT2D eigenvalue weighted by atomic mass is 9.84. The fourth-order valence-corrected chi connectivity index (χ4v) is 4.98. The molecule has 0 saturated carbocycles. The van der Waals surface area contributed by atoms with Crippen LogP contribution in [0.1, 0.15) is 44.1 Å². The first-order valence-electron chi connectivity index (χ1n) is 11.6. The molecule has 1 N–H and O–H groups in total. The van der Waals surface area contributed by atoms with E-state index in [4.69, 9.17) is 21.1 Å². The molecule has 176 valence electrons. The molecule has 0 unspecified atom stereocenters. The average Bonchev–Trinajstić information content (AvgIpc) is 3.20. The number of nitrogens with zero attached hydrogens (tertiary/aromatic N) is 1. The molecule has 4 rings (SSSR count). The molecule has 2 heterocycles. The van der Waals surface area contributed by atoms with Crippen molar-refractivity contribution in [1.29, 1.82) is 0 Å². The van der Waals surface area contributed by atoms with Gasteiger partial charge in [0.2, 0.25) is 11.8 Å². The Morgan fingerprint density at radius 2 is 1.97 bits per heavy atom. The zero-order valence-electron chi connectivity index (χ0n) is 19.0. The fraction of sp³-hybridized carbons (Fsp3) is 0.462. The summed E-state index contributed by atoms with van der Waals surface area (Å²) in [6.45, 7) is 1.34. The maximum atomic E-state index is 13.0. The molecular formula is C26H31ClN2O4. The van der Waals surface area contributed by atoms with Crippen molar-refractivity contribution in [1.82, 2.24) is 10.2 Å². The second kappa shape index (κ2) is 10.5. The largest absolute Gasteiger partial charge is 0.497 e. The summed E-state index contributed by atoms with van der Waals surface area (Å²) in [6, 6.07) is 15.4. The van der Waals surface area contributed by atoms with Crippen LogP contribution in [0.5, 0.6) is 11.5 Å². The van der Waals surface area contributed by atoms with Crippen molar-refractivity contribution in [2.45, 2.75) is 56.6 Å². The molecule has 7 heteroatoms. The molecule has 0 aliphatic carbocycles. The lowest BCUT2D eigenvalue weighted by Gasteiger charge is -2.34. The van der Waals surface area contributed by atoms with Crippen LogP contribution in [0.15, 0.2) is 48.5 Å². The molecule has 0 radical (unpaired) electrons. The maximum absolute atomic E-state index is 13.0. The molecule has 2 aromatic carbocycles. The van der Waals surface area contributed by atoms with E-state index in [0.29, 0.717) is 49.5 Å². The van der Waals surface area contributed by atoms with Crippen molar-refractivity contribution in [2.24, 2.45) is 0 Å². The van der Waals surface area contributed by atoms with E-state index in [2.05, 4.69) is 5.32 Å². The first kappa shape index (κ1) is 23.4. The Balaban J connectivity index is 1.31. The Morgan fingerprint density at radius 3 is 2.67 bits per heavy atom. The number of piperidine rings is 1. The van der Waals surface area contributed by atoms with Gasteiger partial charge in [-0.15, -0.1) is 0 Å². The minimum absolute atomic E-state index is 0.0578. The molecule has 0 bridgehead atoms. The predicted octanol–water partition coefficient (Wildman–Crippen LogP) is 4.39. The SMILES string of the molecule is COc1cccc(C[C@@]2(CCC(=O)N3CCC(Oc4ccccc4Cl)CC3)CCC(=O)N2)c1. The second-order valence-corrected chi connectivity index (χ2v) is 9.39. The summed E-state index contributed by atoms with van der Waals surface area (Å²) in [5, 5.41) is 3.78. The number of halogens is 1. The lowest BCUT2D eigenvalue weighted by Crippen LogP contribution is -2.46. The van der Waals surface area contributed by atoms with Gasteiger partial charge in [-0.25, -0.2) is 0 Å². The summed E-state index contributed by atoms with van der Waals surface area (Å²) < 4.78 is 11.4. The number of benzene rings is 2. The highest BCUT2D eigenvalue weighted by atomic mass is 35.5. The Hall–Kier alpha value is -2.73. The predicted molar refractivity (Wildman–Crippen MR) is 128 cm³/mol. The summed E-state index contributed by atoms with van der Waals surface area (Å²) in [6.07, 6.45) is 4.60. The van der Waals surface area contributed by atoms with Crippen molar-refractivity contribution in [2.75, 3.05) is 20.2 Å². The van der Waals surface area contributed by atoms with Gasteiger partial charge >= 0.3 is 0 Å². The van der Waals surface area contributed by atoms with E-state index >= 15 is 0 Å². The van der Waals surface area contributed by atoms with Gasteiger partial charge in [-0.1, -0.05) is 35.9 Å². The molecule has 33 heavy (non-hydrogen) atoms. The van der Waals surface area contributed by atoms with Crippen LogP contribution < -0.4 is 14.8 Å². The van der Waals surface area contributed by atoms with Gasteiger partial charge in [-0.2, -0.15) is 0 Å². The zero-order chi connectivity index (χ0) is 23.3. The monoisotopic (exact) mass is 470 g/mol. The summed E-state index contributed by atoms with van der Waals surface area (Å²) in [4.78, 5) is 27.0. The third-order valence-corrected chi connectivity index (χ3v) is 6.97. The van der Waals surface area contributed by atoms with Crippen molar-refractivity contribution >= 4 is 23.4 Å². The van der Waals surface area contributed by atoms with Crippen LogP contribution in [0.25, 0.3) is 0 Å². The first-order chi connectivity index (χ1) is 16.0. The van der Waals surface area contributed by atoms with Crippen molar-refractivity contribution < 1.29 is 19.1 Å². The normalized spacial score (nSPS) is 21.0. The number of rotatable bonds is 8. The topological polar surface area (TPSA) is 67.9 Å². The standard InChI is InChI=1S/C26H31ClN2O4/c1-32-21-6-4-5-19(17-21)18-26(13-9-24(30)28-26)14-10-25(31)29-15-11-20(12-16-29)33-23-8-3-2-7-22(23)27/h2-8,17,20H,9-16,18H2,1H3,(H,28,30)/t26-/m0/s1. The van der Waals surface area contributed by atoms with Crippen LogP contribution in [0.2, 0.25) is 5.02 Å². The van der Waals surface area contributed by atoms with E-state index in [9.17, 15) is 9.59 Å². The highest BCUT2D eigenvalue weighted by Gasteiger charge is 2.38. The summed E-state index contributed by atoms with van der Waals surface area (Å²) in [7, 11) is 1.65. The van der Waals surface area contributed by atoms with E-state index < -0.39 is 0 Å². The first-order valence-corrected chi connectivity index (χ1v) is 12.0. The molecule has 2 aliphatic rings. The molecule has 6 nitrogen and oxygen atoms in total. The van der Waals surface area contributed by atoms with E-state index in [-0.39, 0.29) is 23.5 Å². The maximum Gasteiger partial charge on any atom is 0.222 e. The molecule has 0 spiro atoms. The fourth-order valence-electron chi connectivity index (χ4n) is 4.80. The molecule has 1 atom stereocenters. The minimum Gasteiger partial charge on any atom is -0.497 e. The molecule has 2 saturated heterocycles. The van der Waals surface area contributed by atoms with Crippen LogP contribution in [0.3, 0.4) is 0 Å². The number of carbonyl (C=O) groups excluding carboxylic acids is 2. The Kier molecular flexibility index (Phi) is 7.43. The van der Waals surface area contributed by atoms with Gasteiger partial charge in [0.05, 0.1) is 12.1 Å². The quantitative estimate of drug-likeness (QED) is 0.621. The number of hydrogen-bond donors (Lipinski definition) is 1. The van der Waals surface area contributed by atoms with Crippen LogP contribution in [0, 0.1) is 0 Å². The van der Waals surface area contributed by atoms with E-state index in [1.165, 1.54) is 0 Å². The van der Waals surface area contributed by atoms with Crippen LogP contribution in [-0.4, -0.2) is 48.6 Å². The van der Waals surface area contributed by atoms with Gasteiger partial charge in [-0.3, -0.25) is 9.59 Å². The number of hydrogen-bond acceptors (Lipinski definition) is 4. The third kappa shape index (κ3) is 5.99. The van der Waals surface area contributed by atoms with Crippen molar-refractivity contribution in [3.8, 4) is 11.5 Å². The van der Waals surface area contributed by atoms with Gasteiger partial charge < -0.3 is 19.7 Å².